The zero-order chi connectivity index (χ0) is 26.2. The number of nitrogens with zero attached hydrogens (tertiary/aromatic N) is 2. The predicted molar refractivity (Wildman–Crippen MR) is 159 cm³/mol. The lowest BCUT2D eigenvalue weighted by Crippen LogP contribution is -2.30. The van der Waals surface area contributed by atoms with E-state index in [1.165, 1.54) is 56.2 Å². The molecule has 2 aliphatic rings. The zero-order valence-electron chi connectivity index (χ0n) is 19.2. The van der Waals surface area contributed by atoms with Gasteiger partial charge in [-0.2, -0.15) is 0 Å². The highest BCUT2D eigenvalue weighted by Crippen LogP contribution is 2.58. The number of aromatic amines is 2. The summed E-state index contributed by atoms with van der Waals surface area (Å²) in [5, 5.41) is 3.78. The molecule has 12 heteroatoms. The van der Waals surface area contributed by atoms with E-state index in [4.69, 9.17) is 0 Å². The van der Waals surface area contributed by atoms with Crippen LogP contribution >= 0.6 is 47.0 Å². The van der Waals surface area contributed by atoms with Crippen LogP contribution < -0.4 is 22.5 Å². The van der Waals surface area contributed by atoms with Crippen molar-refractivity contribution in [1.82, 2.24) is 19.1 Å². The summed E-state index contributed by atoms with van der Waals surface area (Å²) in [5.41, 5.74) is 0.199. The minimum absolute atomic E-state index is 0.397. The molecule has 0 radical (unpaired) electrons. The molecular weight excluding hydrogens is 561 g/mol. The SMILES string of the molecule is O=c1[nH]c(=O)n(-c2ccccc2)cc1C1=CS/C(=C2\SC=C(c3cn(-c4ccccc4)c(=O)[nH]c3=O)S2)S1. The second-order valence-corrected chi connectivity index (χ2v) is 12.4. The van der Waals surface area contributed by atoms with Crippen LogP contribution in [0, 0.1) is 0 Å². The normalized spacial score (nSPS) is 16.9. The molecule has 0 fully saturated rings. The summed E-state index contributed by atoms with van der Waals surface area (Å²) in [4.78, 5) is 56.4. The van der Waals surface area contributed by atoms with Crippen LogP contribution in [0.4, 0.5) is 0 Å². The molecule has 0 saturated heterocycles. The number of rotatable bonds is 4. The van der Waals surface area contributed by atoms with Crippen LogP contribution in [0.2, 0.25) is 0 Å². The maximum Gasteiger partial charge on any atom is 0.332 e. The molecular formula is C26H16N4O4S4. The van der Waals surface area contributed by atoms with E-state index in [-0.39, 0.29) is 0 Å². The van der Waals surface area contributed by atoms with Crippen molar-refractivity contribution in [3.8, 4) is 11.4 Å². The third kappa shape index (κ3) is 4.71. The molecule has 4 heterocycles. The Morgan fingerprint density at radius 2 is 0.947 bits per heavy atom. The van der Waals surface area contributed by atoms with Gasteiger partial charge in [-0.15, -0.1) is 0 Å². The maximum absolute atomic E-state index is 12.7. The van der Waals surface area contributed by atoms with Crippen LogP contribution in [0.15, 0.2) is 112 Å². The summed E-state index contributed by atoms with van der Waals surface area (Å²) in [5.74, 6) is 0. The lowest BCUT2D eigenvalue weighted by molar-refractivity contribution is 0.891. The van der Waals surface area contributed by atoms with Crippen molar-refractivity contribution in [1.29, 1.82) is 0 Å². The summed E-state index contributed by atoms with van der Waals surface area (Å²) >= 11 is 5.85. The van der Waals surface area contributed by atoms with Gasteiger partial charge in [-0.25, -0.2) is 9.59 Å². The monoisotopic (exact) mass is 576 g/mol. The molecule has 0 aliphatic carbocycles. The van der Waals surface area contributed by atoms with E-state index in [0.717, 1.165) is 18.3 Å². The number of hydrogen-bond acceptors (Lipinski definition) is 8. The Balaban J connectivity index is 1.27. The number of hydrogen-bond donors (Lipinski definition) is 2. The van der Waals surface area contributed by atoms with Crippen molar-refractivity contribution in [2.45, 2.75) is 0 Å². The van der Waals surface area contributed by atoms with Gasteiger partial charge in [0.2, 0.25) is 0 Å². The summed E-state index contributed by atoms with van der Waals surface area (Å²) in [6.45, 7) is 0. The highest BCUT2D eigenvalue weighted by Gasteiger charge is 2.26. The molecule has 0 atom stereocenters. The summed E-state index contributed by atoms with van der Waals surface area (Å²) < 4.78 is 4.76. The van der Waals surface area contributed by atoms with Crippen molar-refractivity contribution < 1.29 is 0 Å². The molecule has 0 unspecified atom stereocenters. The van der Waals surface area contributed by atoms with Gasteiger partial charge in [-0.1, -0.05) is 83.4 Å². The maximum atomic E-state index is 12.7. The molecule has 0 saturated carbocycles. The van der Waals surface area contributed by atoms with E-state index in [9.17, 15) is 19.2 Å². The van der Waals surface area contributed by atoms with Gasteiger partial charge in [0.1, 0.15) is 0 Å². The van der Waals surface area contributed by atoms with Crippen LogP contribution in [0.1, 0.15) is 11.1 Å². The van der Waals surface area contributed by atoms with E-state index in [1.54, 1.807) is 36.7 Å². The van der Waals surface area contributed by atoms with E-state index in [1.807, 2.05) is 47.2 Å². The lowest BCUT2D eigenvalue weighted by atomic mass is 10.3. The Kier molecular flexibility index (Phi) is 6.70. The van der Waals surface area contributed by atoms with Gasteiger partial charge < -0.3 is 0 Å². The Bertz CT molecular complexity index is 1760. The second kappa shape index (κ2) is 10.3. The average molecular weight is 577 g/mol. The van der Waals surface area contributed by atoms with E-state index >= 15 is 0 Å². The quantitative estimate of drug-likeness (QED) is 0.358. The largest absolute Gasteiger partial charge is 0.332 e. The van der Waals surface area contributed by atoms with Gasteiger partial charge >= 0.3 is 11.4 Å². The fraction of sp³-hybridized carbons (Fsp3) is 0. The van der Waals surface area contributed by atoms with Crippen molar-refractivity contribution in [2.24, 2.45) is 0 Å². The van der Waals surface area contributed by atoms with E-state index in [0.29, 0.717) is 22.5 Å². The second-order valence-electron chi connectivity index (χ2n) is 7.99. The molecule has 6 rings (SSSR count). The highest BCUT2D eigenvalue weighted by atomic mass is 32.2. The van der Waals surface area contributed by atoms with Crippen LogP contribution in [0.5, 0.6) is 0 Å². The summed E-state index contributed by atoms with van der Waals surface area (Å²) in [6, 6.07) is 18.2. The molecule has 2 aromatic heterocycles. The molecule has 2 aromatic carbocycles. The molecule has 2 N–H and O–H groups in total. The minimum Gasteiger partial charge on any atom is -0.273 e. The fourth-order valence-electron chi connectivity index (χ4n) is 3.78. The van der Waals surface area contributed by atoms with Gasteiger partial charge in [0.25, 0.3) is 11.1 Å². The smallest absolute Gasteiger partial charge is 0.273 e. The first-order valence-corrected chi connectivity index (χ1v) is 14.5. The van der Waals surface area contributed by atoms with Gasteiger partial charge in [0.05, 0.1) is 31.0 Å². The Hall–Kier alpha value is -3.58. The third-order valence-corrected chi connectivity index (χ3v) is 10.9. The number of H-pyrrole nitrogens is 2. The molecule has 4 aromatic rings. The number of para-hydroxylation sites is 2. The molecule has 0 bridgehead atoms. The first kappa shape index (κ1) is 24.7. The predicted octanol–water partition coefficient (Wildman–Crippen LogP) is 4.75. The zero-order valence-corrected chi connectivity index (χ0v) is 22.5. The standard InChI is InChI=1S/C26H16N4O4S4/c31-21-17(11-29(25(33)27-21)15-7-3-1-4-8-15)19-13-35-23(37-19)24-36-14-20(38-24)18-12-30(26(34)28-22(18)32)16-9-5-2-6-10-16/h1-14H,(H,27,31,33)(H,28,32,34)/b24-23-. The van der Waals surface area contributed by atoms with Crippen LogP contribution in [0.25, 0.3) is 21.2 Å². The number of benzene rings is 2. The first-order chi connectivity index (χ1) is 18.5. The molecule has 8 nitrogen and oxygen atoms in total. The Labute approximate surface area is 231 Å². The van der Waals surface area contributed by atoms with E-state index in [2.05, 4.69) is 9.97 Å². The number of nitrogens with one attached hydrogen (secondary N) is 2. The average Bonchev–Trinajstić information content (AvgIpc) is 3.60. The number of aromatic nitrogens is 4. The molecule has 38 heavy (non-hydrogen) atoms. The topological polar surface area (TPSA) is 110 Å². The fourth-order valence-corrected chi connectivity index (χ4v) is 8.69. The van der Waals surface area contributed by atoms with Crippen LogP contribution in [0.3, 0.4) is 0 Å². The van der Waals surface area contributed by atoms with Crippen molar-refractivity contribution in [3.05, 3.63) is 145 Å². The minimum atomic E-state index is -0.502. The molecule has 2 aliphatic heterocycles. The van der Waals surface area contributed by atoms with Crippen molar-refractivity contribution in [2.75, 3.05) is 0 Å². The van der Waals surface area contributed by atoms with Gasteiger partial charge in [0.15, 0.2) is 0 Å². The van der Waals surface area contributed by atoms with E-state index < -0.39 is 22.5 Å². The highest BCUT2D eigenvalue weighted by molar-refractivity contribution is 8.36. The Morgan fingerprint density at radius 3 is 1.34 bits per heavy atom. The first-order valence-electron chi connectivity index (χ1n) is 11.1. The van der Waals surface area contributed by atoms with Crippen molar-refractivity contribution in [3.63, 3.8) is 0 Å². The summed E-state index contributed by atoms with van der Waals surface area (Å²) in [7, 11) is 0. The molecule has 0 amide bonds. The lowest BCUT2D eigenvalue weighted by Gasteiger charge is -2.09. The molecule has 188 valence electrons. The summed E-state index contributed by atoms with van der Waals surface area (Å²) in [6.07, 6.45) is 3.13. The van der Waals surface area contributed by atoms with Gasteiger partial charge in [-0.05, 0) is 35.1 Å². The third-order valence-electron chi connectivity index (χ3n) is 5.60. The van der Waals surface area contributed by atoms with Crippen LogP contribution in [-0.4, -0.2) is 19.1 Å². The Morgan fingerprint density at radius 1 is 0.553 bits per heavy atom. The van der Waals surface area contributed by atoms with Crippen LogP contribution in [-0.2, 0) is 0 Å². The van der Waals surface area contributed by atoms with Gasteiger partial charge in [-0.3, -0.25) is 28.7 Å². The number of thioether (sulfide) groups is 4. The van der Waals surface area contributed by atoms with Crippen molar-refractivity contribution >= 4 is 56.9 Å². The molecule has 0 spiro atoms. The van der Waals surface area contributed by atoms with Gasteiger partial charge in [0, 0.05) is 22.2 Å².